The van der Waals surface area contributed by atoms with E-state index in [0.29, 0.717) is 6.61 Å². The van der Waals surface area contributed by atoms with Gasteiger partial charge in [0, 0.05) is 62.3 Å². The molecule has 0 aliphatic carbocycles. The van der Waals surface area contributed by atoms with Gasteiger partial charge in [0.15, 0.2) is 5.82 Å². The molecule has 1 aliphatic rings. The predicted octanol–water partition coefficient (Wildman–Crippen LogP) is 2.66. The SMILES string of the molecule is COCc1ncc2c(n1)CCN(Cc1ccc3[nH]ccc3c1)C2. The lowest BCUT2D eigenvalue weighted by atomic mass is 10.1. The lowest BCUT2D eigenvalue weighted by Crippen LogP contribution is -2.31. The first-order chi connectivity index (χ1) is 11.3. The molecule has 0 amide bonds. The maximum absolute atomic E-state index is 5.11. The minimum atomic E-state index is 0.480. The highest BCUT2D eigenvalue weighted by molar-refractivity contribution is 5.79. The number of aromatic amines is 1. The zero-order valence-corrected chi connectivity index (χ0v) is 13.2. The number of nitrogens with zero attached hydrogens (tertiary/aromatic N) is 3. The van der Waals surface area contributed by atoms with Crippen molar-refractivity contribution in [1.29, 1.82) is 0 Å². The molecule has 23 heavy (non-hydrogen) atoms. The number of H-pyrrole nitrogens is 1. The Bertz CT molecular complexity index is 827. The van der Waals surface area contributed by atoms with Gasteiger partial charge in [-0.05, 0) is 29.1 Å². The van der Waals surface area contributed by atoms with Crippen LogP contribution < -0.4 is 0 Å². The van der Waals surface area contributed by atoms with Crippen LogP contribution >= 0.6 is 0 Å². The van der Waals surface area contributed by atoms with E-state index in [1.807, 2.05) is 12.4 Å². The highest BCUT2D eigenvalue weighted by atomic mass is 16.5. The van der Waals surface area contributed by atoms with Crippen molar-refractivity contribution in [2.45, 2.75) is 26.1 Å². The number of benzene rings is 1. The summed E-state index contributed by atoms with van der Waals surface area (Å²) in [5, 5.41) is 1.27. The van der Waals surface area contributed by atoms with Crippen molar-refractivity contribution in [1.82, 2.24) is 19.9 Å². The largest absolute Gasteiger partial charge is 0.377 e. The van der Waals surface area contributed by atoms with Crippen LogP contribution in [-0.2, 0) is 30.9 Å². The summed E-state index contributed by atoms with van der Waals surface area (Å²) in [7, 11) is 1.67. The molecular weight excluding hydrogens is 288 g/mol. The number of hydrogen-bond acceptors (Lipinski definition) is 4. The van der Waals surface area contributed by atoms with Crippen LogP contribution in [0.5, 0.6) is 0 Å². The average molecular weight is 308 g/mol. The van der Waals surface area contributed by atoms with Crippen LogP contribution in [0.2, 0.25) is 0 Å². The summed E-state index contributed by atoms with van der Waals surface area (Å²) in [4.78, 5) is 14.7. The van der Waals surface area contributed by atoms with E-state index < -0.39 is 0 Å². The first-order valence-corrected chi connectivity index (χ1v) is 7.93. The molecular formula is C18H20N4O. The standard InChI is InChI=1S/C18H20N4O/c1-23-12-18-20-9-15-11-22(7-5-17(15)21-18)10-13-2-3-16-14(8-13)4-6-19-16/h2-4,6,8-9,19H,5,7,10-12H2,1H3. The van der Waals surface area contributed by atoms with Gasteiger partial charge >= 0.3 is 0 Å². The first-order valence-electron chi connectivity index (χ1n) is 7.93. The Kier molecular flexibility index (Phi) is 3.81. The van der Waals surface area contributed by atoms with Gasteiger partial charge in [0.25, 0.3) is 0 Å². The van der Waals surface area contributed by atoms with Crippen LogP contribution in [-0.4, -0.2) is 33.5 Å². The molecule has 0 spiro atoms. The highest BCUT2D eigenvalue weighted by Crippen LogP contribution is 2.20. The summed E-state index contributed by atoms with van der Waals surface area (Å²) in [6, 6.07) is 8.74. The Morgan fingerprint density at radius 2 is 2.26 bits per heavy atom. The molecule has 118 valence electrons. The number of methoxy groups -OCH3 is 1. The van der Waals surface area contributed by atoms with E-state index in [-0.39, 0.29) is 0 Å². The van der Waals surface area contributed by atoms with Crippen LogP contribution in [0.3, 0.4) is 0 Å². The van der Waals surface area contributed by atoms with Crippen molar-refractivity contribution in [3.63, 3.8) is 0 Å². The van der Waals surface area contributed by atoms with Crippen molar-refractivity contribution in [2.24, 2.45) is 0 Å². The lowest BCUT2D eigenvalue weighted by molar-refractivity contribution is 0.176. The number of hydrogen-bond donors (Lipinski definition) is 1. The van der Waals surface area contributed by atoms with Gasteiger partial charge in [0.05, 0.1) is 0 Å². The minimum absolute atomic E-state index is 0.480. The molecule has 0 bridgehead atoms. The minimum Gasteiger partial charge on any atom is -0.377 e. The molecule has 0 unspecified atom stereocenters. The molecule has 0 radical (unpaired) electrons. The second-order valence-electron chi connectivity index (χ2n) is 6.05. The van der Waals surface area contributed by atoms with E-state index in [4.69, 9.17) is 4.74 Å². The fraction of sp³-hybridized carbons (Fsp3) is 0.333. The van der Waals surface area contributed by atoms with Crippen LogP contribution in [0.4, 0.5) is 0 Å². The van der Waals surface area contributed by atoms with Crippen LogP contribution in [0.1, 0.15) is 22.6 Å². The van der Waals surface area contributed by atoms with Gasteiger partial charge in [-0.15, -0.1) is 0 Å². The Hall–Kier alpha value is -2.24. The number of fused-ring (bicyclic) bond motifs is 2. The van der Waals surface area contributed by atoms with Crippen LogP contribution in [0, 0.1) is 0 Å². The molecule has 0 saturated heterocycles. The molecule has 3 heterocycles. The molecule has 0 fully saturated rings. The third-order valence-electron chi connectivity index (χ3n) is 4.36. The second-order valence-corrected chi connectivity index (χ2v) is 6.05. The molecule has 0 saturated carbocycles. The zero-order valence-electron chi connectivity index (χ0n) is 13.2. The summed E-state index contributed by atoms with van der Waals surface area (Å²) in [6.45, 7) is 3.38. The van der Waals surface area contributed by atoms with Crippen molar-refractivity contribution < 1.29 is 4.74 Å². The van der Waals surface area contributed by atoms with Gasteiger partial charge in [-0.1, -0.05) is 6.07 Å². The summed E-state index contributed by atoms with van der Waals surface area (Å²) in [5.74, 6) is 0.776. The molecule has 5 heteroatoms. The van der Waals surface area contributed by atoms with Crippen molar-refractivity contribution in [3.05, 3.63) is 59.3 Å². The summed E-state index contributed by atoms with van der Waals surface area (Å²) < 4.78 is 5.11. The fourth-order valence-electron chi connectivity index (χ4n) is 3.21. The molecule has 2 aromatic heterocycles. The smallest absolute Gasteiger partial charge is 0.154 e. The third-order valence-corrected chi connectivity index (χ3v) is 4.36. The molecule has 5 nitrogen and oxygen atoms in total. The van der Waals surface area contributed by atoms with Gasteiger partial charge < -0.3 is 9.72 Å². The Labute approximate surface area is 135 Å². The number of rotatable bonds is 4. The summed E-state index contributed by atoms with van der Waals surface area (Å²) >= 11 is 0. The summed E-state index contributed by atoms with van der Waals surface area (Å²) in [6.07, 6.45) is 4.92. The Morgan fingerprint density at radius 3 is 3.17 bits per heavy atom. The molecule has 1 aliphatic heterocycles. The van der Waals surface area contributed by atoms with Crippen LogP contribution in [0.15, 0.2) is 36.7 Å². The van der Waals surface area contributed by atoms with E-state index in [1.165, 1.54) is 27.7 Å². The van der Waals surface area contributed by atoms with Crippen molar-refractivity contribution in [2.75, 3.05) is 13.7 Å². The maximum Gasteiger partial charge on any atom is 0.154 e. The van der Waals surface area contributed by atoms with E-state index in [2.05, 4.69) is 44.1 Å². The lowest BCUT2D eigenvalue weighted by Gasteiger charge is -2.28. The molecule has 3 aromatic rings. The first kappa shape index (κ1) is 14.4. The van der Waals surface area contributed by atoms with Crippen molar-refractivity contribution >= 4 is 10.9 Å². The quantitative estimate of drug-likeness (QED) is 0.805. The monoisotopic (exact) mass is 308 g/mol. The normalized spacial score (nSPS) is 15.0. The average Bonchev–Trinajstić information content (AvgIpc) is 3.03. The van der Waals surface area contributed by atoms with Crippen LogP contribution in [0.25, 0.3) is 10.9 Å². The third kappa shape index (κ3) is 2.98. The highest BCUT2D eigenvalue weighted by Gasteiger charge is 2.18. The molecule has 0 atom stereocenters. The maximum atomic E-state index is 5.11. The van der Waals surface area contributed by atoms with E-state index >= 15 is 0 Å². The molecule has 1 N–H and O–H groups in total. The number of ether oxygens (including phenoxy) is 1. The van der Waals surface area contributed by atoms with Gasteiger partial charge in [-0.3, -0.25) is 4.90 Å². The van der Waals surface area contributed by atoms with Gasteiger partial charge in [-0.2, -0.15) is 0 Å². The molecule has 4 rings (SSSR count). The second kappa shape index (κ2) is 6.10. The molecule has 1 aromatic carbocycles. The van der Waals surface area contributed by atoms with E-state index in [1.54, 1.807) is 7.11 Å². The Balaban J connectivity index is 1.49. The number of aromatic nitrogens is 3. The van der Waals surface area contributed by atoms with E-state index in [9.17, 15) is 0 Å². The van der Waals surface area contributed by atoms with E-state index in [0.717, 1.165) is 31.9 Å². The summed E-state index contributed by atoms with van der Waals surface area (Å²) in [5.41, 5.74) is 4.94. The fourth-order valence-corrected chi connectivity index (χ4v) is 3.21. The van der Waals surface area contributed by atoms with Crippen molar-refractivity contribution in [3.8, 4) is 0 Å². The van der Waals surface area contributed by atoms with Gasteiger partial charge in [-0.25, -0.2) is 9.97 Å². The number of nitrogens with one attached hydrogen (secondary N) is 1. The topological polar surface area (TPSA) is 54.0 Å². The predicted molar refractivity (Wildman–Crippen MR) is 88.9 cm³/mol. The van der Waals surface area contributed by atoms with Gasteiger partial charge in [0.1, 0.15) is 6.61 Å². The Morgan fingerprint density at radius 1 is 1.30 bits per heavy atom. The van der Waals surface area contributed by atoms with Gasteiger partial charge in [0.2, 0.25) is 0 Å². The zero-order chi connectivity index (χ0) is 15.6.